The van der Waals surface area contributed by atoms with Crippen molar-refractivity contribution in [1.29, 1.82) is 0 Å². The molecule has 0 spiro atoms. The van der Waals surface area contributed by atoms with Gasteiger partial charge in [-0.1, -0.05) is 0 Å². The summed E-state index contributed by atoms with van der Waals surface area (Å²) in [5, 5.41) is 2.60. The van der Waals surface area contributed by atoms with Gasteiger partial charge in [0, 0.05) is 12.1 Å². The van der Waals surface area contributed by atoms with Crippen molar-refractivity contribution in [3.8, 4) is 0 Å². The van der Waals surface area contributed by atoms with Crippen LogP contribution in [0, 0.1) is 0 Å². The average Bonchev–Trinajstić information content (AvgIpc) is 2.65. The summed E-state index contributed by atoms with van der Waals surface area (Å²) in [5.41, 5.74) is 0. The lowest BCUT2D eigenvalue weighted by molar-refractivity contribution is -0.139. The van der Waals surface area contributed by atoms with Crippen LogP contribution in [0.25, 0.3) is 0 Å². The van der Waals surface area contributed by atoms with E-state index in [1.807, 2.05) is 4.90 Å². The van der Waals surface area contributed by atoms with Gasteiger partial charge in [0.15, 0.2) is 0 Å². The van der Waals surface area contributed by atoms with Crippen molar-refractivity contribution in [3.63, 3.8) is 0 Å². The van der Waals surface area contributed by atoms with Crippen LogP contribution in [0.1, 0.15) is 32.6 Å². The van der Waals surface area contributed by atoms with E-state index in [1.165, 1.54) is 7.11 Å². The van der Waals surface area contributed by atoms with Gasteiger partial charge in [0.1, 0.15) is 6.04 Å². The first-order valence-corrected chi connectivity index (χ1v) is 5.80. The molecule has 0 aromatic heterocycles. The molecule has 0 aliphatic carbocycles. The lowest BCUT2D eigenvalue weighted by atomic mass is 9.98. The largest absolute Gasteiger partial charge is 0.453 e. The van der Waals surface area contributed by atoms with Crippen LogP contribution in [-0.2, 0) is 9.53 Å². The van der Waals surface area contributed by atoms with Crippen molar-refractivity contribution in [3.05, 3.63) is 0 Å². The Labute approximate surface area is 95.1 Å². The molecule has 2 aliphatic heterocycles. The second kappa shape index (κ2) is 4.31. The molecule has 0 radical (unpaired) electrons. The number of alkyl carbamates (subject to hydrolysis) is 1. The summed E-state index contributed by atoms with van der Waals surface area (Å²) in [7, 11) is 1.31. The normalized spacial score (nSPS) is 33.5. The Bertz CT molecular complexity index is 306. The fraction of sp³-hybridized carbons (Fsp3) is 0.818. The summed E-state index contributed by atoms with van der Waals surface area (Å²) in [5.74, 6) is 0.0478. The zero-order valence-electron chi connectivity index (χ0n) is 9.73. The number of ether oxygens (including phenoxy) is 1. The number of piperidine rings is 1. The Kier molecular flexibility index (Phi) is 3.03. The smallest absolute Gasteiger partial charge is 0.407 e. The van der Waals surface area contributed by atoms with Gasteiger partial charge < -0.3 is 15.0 Å². The fourth-order valence-corrected chi connectivity index (χ4v) is 2.75. The Morgan fingerprint density at radius 3 is 2.75 bits per heavy atom. The van der Waals surface area contributed by atoms with E-state index in [9.17, 15) is 9.59 Å². The summed E-state index contributed by atoms with van der Waals surface area (Å²) in [6, 6.07) is 0.294. The minimum atomic E-state index is -0.524. The second-order valence-electron chi connectivity index (χ2n) is 4.59. The van der Waals surface area contributed by atoms with Gasteiger partial charge >= 0.3 is 6.09 Å². The highest BCUT2D eigenvalue weighted by molar-refractivity contribution is 5.87. The number of nitrogens with one attached hydrogen (secondary N) is 1. The third kappa shape index (κ3) is 1.86. The Balaban J connectivity index is 2.03. The van der Waals surface area contributed by atoms with E-state index in [4.69, 9.17) is 0 Å². The van der Waals surface area contributed by atoms with Crippen LogP contribution in [0.15, 0.2) is 0 Å². The molecular weight excluding hydrogens is 208 g/mol. The Morgan fingerprint density at radius 1 is 1.38 bits per heavy atom. The SMILES string of the molecule is COC(=O)N[C@H]1CC[C@H]2CC[C@@H](C)N2C1=O. The summed E-state index contributed by atoms with van der Waals surface area (Å²) in [6.45, 7) is 2.07. The summed E-state index contributed by atoms with van der Waals surface area (Å²) in [6.07, 6.45) is 3.34. The molecule has 2 aliphatic rings. The van der Waals surface area contributed by atoms with E-state index < -0.39 is 12.1 Å². The Hall–Kier alpha value is -1.26. The first-order chi connectivity index (χ1) is 7.63. The number of nitrogens with zero attached hydrogens (tertiary/aromatic N) is 1. The number of rotatable bonds is 1. The quantitative estimate of drug-likeness (QED) is 0.722. The molecule has 0 aromatic rings. The Morgan fingerprint density at radius 2 is 2.06 bits per heavy atom. The highest BCUT2D eigenvalue weighted by atomic mass is 16.5. The molecular formula is C11H18N2O3. The van der Waals surface area contributed by atoms with Crippen molar-refractivity contribution in [2.45, 2.75) is 50.7 Å². The molecule has 0 aromatic carbocycles. The highest BCUT2D eigenvalue weighted by Gasteiger charge is 2.41. The van der Waals surface area contributed by atoms with Gasteiger partial charge in [-0.2, -0.15) is 0 Å². The predicted molar refractivity (Wildman–Crippen MR) is 57.9 cm³/mol. The van der Waals surface area contributed by atoms with E-state index >= 15 is 0 Å². The highest BCUT2D eigenvalue weighted by Crippen LogP contribution is 2.32. The average molecular weight is 226 g/mol. The van der Waals surface area contributed by atoms with Crippen LogP contribution in [0.3, 0.4) is 0 Å². The molecule has 2 heterocycles. The van der Waals surface area contributed by atoms with Gasteiger partial charge in [0.2, 0.25) is 5.91 Å². The first-order valence-electron chi connectivity index (χ1n) is 5.80. The number of hydrogen-bond donors (Lipinski definition) is 1. The molecule has 5 nitrogen and oxygen atoms in total. The molecule has 16 heavy (non-hydrogen) atoms. The summed E-state index contributed by atoms with van der Waals surface area (Å²) >= 11 is 0. The van der Waals surface area contributed by atoms with Crippen molar-refractivity contribution >= 4 is 12.0 Å². The van der Waals surface area contributed by atoms with Crippen LogP contribution in [-0.4, -0.2) is 42.1 Å². The lowest BCUT2D eigenvalue weighted by Gasteiger charge is -2.37. The topological polar surface area (TPSA) is 58.6 Å². The predicted octanol–water partition coefficient (Wildman–Crippen LogP) is 0.884. The molecule has 1 N–H and O–H groups in total. The lowest BCUT2D eigenvalue weighted by Crippen LogP contribution is -2.55. The molecule has 0 unspecified atom stereocenters. The molecule has 2 saturated heterocycles. The third-order valence-corrected chi connectivity index (χ3v) is 3.60. The van der Waals surface area contributed by atoms with Gasteiger partial charge in [-0.05, 0) is 32.6 Å². The zero-order valence-corrected chi connectivity index (χ0v) is 9.73. The molecule has 0 bridgehead atoms. The van der Waals surface area contributed by atoms with Crippen molar-refractivity contribution < 1.29 is 14.3 Å². The van der Waals surface area contributed by atoms with Crippen LogP contribution in [0.4, 0.5) is 4.79 Å². The first kappa shape index (κ1) is 11.2. The van der Waals surface area contributed by atoms with Crippen LogP contribution < -0.4 is 5.32 Å². The van der Waals surface area contributed by atoms with Gasteiger partial charge in [0.05, 0.1) is 7.11 Å². The third-order valence-electron chi connectivity index (χ3n) is 3.60. The van der Waals surface area contributed by atoms with Crippen LogP contribution in [0.2, 0.25) is 0 Å². The summed E-state index contributed by atoms with van der Waals surface area (Å²) < 4.78 is 4.52. The molecule has 5 heteroatoms. The molecule has 90 valence electrons. The molecule has 3 atom stereocenters. The number of amides is 2. The zero-order chi connectivity index (χ0) is 11.7. The minimum Gasteiger partial charge on any atom is -0.453 e. The van der Waals surface area contributed by atoms with Crippen molar-refractivity contribution in [2.75, 3.05) is 7.11 Å². The van der Waals surface area contributed by atoms with E-state index in [0.717, 1.165) is 25.7 Å². The van der Waals surface area contributed by atoms with E-state index in [0.29, 0.717) is 12.1 Å². The number of methoxy groups -OCH3 is 1. The molecule has 2 rings (SSSR count). The van der Waals surface area contributed by atoms with Crippen LogP contribution in [0.5, 0.6) is 0 Å². The van der Waals surface area contributed by atoms with Gasteiger partial charge in [-0.25, -0.2) is 4.79 Å². The van der Waals surface area contributed by atoms with Gasteiger partial charge in [0.25, 0.3) is 0 Å². The maximum Gasteiger partial charge on any atom is 0.407 e. The molecule has 0 saturated carbocycles. The standard InChI is InChI=1S/C11H18N2O3/c1-7-3-4-8-5-6-9(10(14)13(7)8)12-11(15)16-2/h7-9H,3-6H2,1-2H3,(H,12,15)/t7-,8-,9+/m1/s1. The summed E-state index contributed by atoms with van der Waals surface area (Å²) in [4.78, 5) is 25.2. The van der Waals surface area contributed by atoms with Gasteiger partial charge in [-0.3, -0.25) is 4.79 Å². The molecule has 2 fully saturated rings. The number of carbonyl (C=O) groups excluding carboxylic acids is 2. The van der Waals surface area contributed by atoms with E-state index in [-0.39, 0.29) is 5.91 Å². The maximum absolute atomic E-state index is 12.1. The minimum absolute atomic E-state index is 0.0478. The monoisotopic (exact) mass is 226 g/mol. The number of carbonyl (C=O) groups is 2. The second-order valence-corrected chi connectivity index (χ2v) is 4.59. The van der Waals surface area contributed by atoms with Crippen molar-refractivity contribution in [2.24, 2.45) is 0 Å². The number of hydrogen-bond acceptors (Lipinski definition) is 3. The van der Waals surface area contributed by atoms with Crippen LogP contribution >= 0.6 is 0 Å². The van der Waals surface area contributed by atoms with E-state index in [2.05, 4.69) is 17.0 Å². The maximum atomic E-state index is 12.1. The fourth-order valence-electron chi connectivity index (χ4n) is 2.75. The number of fused-ring (bicyclic) bond motifs is 1. The molecule has 2 amide bonds. The van der Waals surface area contributed by atoms with Gasteiger partial charge in [-0.15, -0.1) is 0 Å². The van der Waals surface area contributed by atoms with Crippen molar-refractivity contribution in [1.82, 2.24) is 10.2 Å². The van der Waals surface area contributed by atoms with E-state index in [1.54, 1.807) is 0 Å².